The molecule has 2 amide bonds. The summed E-state index contributed by atoms with van der Waals surface area (Å²) in [6.45, 7) is 4.18. The number of anilines is 1. The normalized spacial score (nSPS) is 31.5. The number of nitrogens with zero attached hydrogens (tertiary/aromatic N) is 4. The lowest BCUT2D eigenvalue weighted by molar-refractivity contribution is 0.188. The smallest absolute Gasteiger partial charge is 0.323 e. The van der Waals surface area contributed by atoms with Crippen molar-refractivity contribution in [2.75, 3.05) is 32.0 Å². The molecule has 2 atom stereocenters. The van der Waals surface area contributed by atoms with Crippen molar-refractivity contribution in [1.29, 1.82) is 0 Å². The third-order valence-electron chi connectivity index (χ3n) is 5.21. The zero-order chi connectivity index (χ0) is 14.6. The summed E-state index contributed by atoms with van der Waals surface area (Å²) in [5.41, 5.74) is 7.30. The number of carbonyl (C=O) groups excluding carboxylic acids is 1. The molecule has 1 saturated heterocycles. The fourth-order valence-electron chi connectivity index (χ4n) is 3.69. The van der Waals surface area contributed by atoms with Gasteiger partial charge in [0.15, 0.2) is 5.82 Å². The maximum atomic E-state index is 12.4. The molecule has 1 aromatic heterocycles. The highest BCUT2D eigenvalue weighted by molar-refractivity contribution is 5.88. The predicted molar refractivity (Wildman–Crippen MR) is 78.8 cm³/mol. The largest absolute Gasteiger partial charge is 0.323 e. The molecule has 4 rings (SSSR count). The van der Waals surface area contributed by atoms with E-state index in [2.05, 4.69) is 22.4 Å². The summed E-state index contributed by atoms with van der Waals surface area (Å²) in [5.74, 6) is 1.13. The van der Waals surface area contributed by atoms with E-state index in [0.717, 1.165) is 44.7 Å². The predicted octanol–water partition coefficient (Wildman–Crippen LogP) is 0.284. The maximum absolute atomic E-state index is 12.4. The number of carbonyl (C=O) groups is 1. The molecule has 1 saturated carbocycles. The first kappa shape index (κ1) is 13.1. The highest BCUT2D eigenvalue weighted by Gasteiger charge is 2.51. The van der Waals surface area contributed by atoms with Crippen LogP contribution in [0, 0.1) is 5.92 Å². The second-order valence-electron chi connectivity index (χ2n) is 6.76. The second-order valence-corrected chi connectivity index (χ2v) is 6.76. The Kier molecular flexibility index (Phi) is 2.77. The molecule has 7 nitrogen and oxygen atoms in total. The minimum Gasteiger partial charge on any atom is -0.323 e. The van der Waals surface area contributed by atoms with E-state index >= 15 is 0 Å². The van der Waals surface area contributed by atoms with Crippen molar-refractivity contribution >= 4 is 11.8 Å². The molecule has 1 aromatic rings. The molecular weight excluding hydrogens is 268 g/mol. The van der Waals surface area contributed by atoms with E-state index < -0.39 is 0 Å². The Morgan fingerprint density at radius 1 is 1.52 bits per heavy atom. The topological polar surface area (TPSA) is 79.4 Å². The minimum absolute atomic E-state index is 0.0713. The first-order valence-electron chi connectivity index (χ1n) is 7.64. The van der Waals surface area contributed by atoms with Gasteiger partial charge in [0.25, 0.3) is 0 Å². The van der Waals surface area contributed by atoms with Gasteiger partial charge in [-0.05, 0) is 25.8 Å². The lowest BCUT2D eigenvalue weighted by Crippen LogP contribution is -2.54. The Hall–Kier alpha value is -1.60. The summed E-state index contributed by atoms with van der Waals surface area (Å²) in [6, 6.07) is 1.90. The van der Waals surface area contributed by atoms with Crippen LogP contribution in [0.2, 0.25) is 0 Å². The molecule has 3 aliphatic rings. The van der Waals surface area contributed by atoms with Crippen LogP contribution >= 0.6 is 0 Å². The van der Waals surface area contributed by atoms with E-state index in [0.29, 0.717) is 18.3 Å². The monoisotopic (exact) mass is 290 g/mol. The number of likely N-dealkylation sites (tertiary alicyclic amines) is 1. The number of urea groups is 1. The fraction of sp³-hybridized carbons (Fsp3) is 0.714. The van der Waals surface area contributed by atoms with Gasteiger partial charge in [-0.3, -0.25) is 14.9 Å². The Labute approximate surface area is 124 Å². The van der Waals surface area contributed by atoms with Crippen LogP contribution in [-0.2, 0) is 13.1 Å². The Morgan fingerprint density at radius 2 is 2.38 bits per heavy atom. The van der Waals surface area contributed by atoms with Gasteiger partial charge in [0, 0.05) is 37.8 Å². The van der Waals surface area contributed by atoms with E-state index in [1.54, 1.807) is 0 Å². The first-order valence-corrected chi connectivity index (χ1v) is 7.64. The van der Waals surface area contributed by atoms with Gasteiger partial charge in [-0.25, -0.2) is 4.79 Å². The average Bonchev–Trinajstić information content (AvgIpc) is 2.91. The molecule has 0 aromatic carbocycles. The number of aromatic nitrogens is 2. The number of rotatable bonds is 1. The van der Waals surface area contributed by atoms with Crippen molar-refractivity contribution in [1.82, 2.24) is 19.6 Å². The van der Waals surface area contributed by atoms with E-state index in [4.69, 9.17) is 5.73 Å². The lowest BCUT2D eigenvalue weighted by atomic mass is 9.70. The van der Waals surface area contributed by atoms with E-state index in [9.17, 15) is 4.79 Å². The SMILES string of the molecule is CN1CCn2nc(NC(=O)N3C[C@@H]4CC[C@]4(N)C3)cc2C1. The van der Waals surface area contributed by atoms with Crippen molar-refractivity contribution in [3.05, 3.63) is 11.8 Å². The number of nitrogens with one attached hydrogen (secondary N) is 1. The van der Waals surface area contributed by atoms with Crippen LogP contribution in [0.1, 0.15) is 18.5 Å². The molecule has 0 spiro atoms. The highest BCUT2D eigenvalue weighted by Crippen LogP contribution is 2.42. The Balaban J connectivity index is 1.43. The number of nitrogens with two attached hydrogens (primary N) is 1. The highest BCUT2D eigenvalue weighted by atomic mass is 16.2. The summed E-state index contributed by atoms with van der Waals surface area (Å²) in [4.78, 5) is 16.4. The van der Waals surface area contributed by atoms with Crippen molar-refractivity contribution in [2.45, 2.75) is 31.5 Å². The molecular formula is C14H22N6O. The van der Waals surface area contributed by atoms with Gasteiger partial charge >= 0.3 is 6.03 Å². The summed E-state index contributed by atoms with van der Waals surface area (Å²) in [6.07, 6.45) is 2.18. The number of hydrogen-bond donors (Lipinski definition) is 2. The van der Waals surface area contributed by atoms with Crippen LogP contribution in [0.3, 0.4) is 0 Å². The Bertz CT molecular complexity index is 584. The molecule has 2 fully saturated rings. The minimum atomic E-state index is -0.131. The van der Waals surface area contributed by atoms with Gasteiger partial charge in [-0.15, -0.1) is 0 Å². The van der Waals surface area contributed by atoms with Crippen LogP contribution < -0.4 is 11.1 Å². The number of hydrogen-bond acceptors (Lipinski definition) is 4. The standard InChI is InChI=1S/C14H22N6O/c1-18-4-5-20-11(8-18)6-12(17-20)16-13(21)19-7-10-2-3-14(10,15)9-19/h6,10H,2-5,7-9,15H2,1H3,(H,16,17,21)/t10-,14-/m0/s1. The van der Waals surface area contributed by atoms with Crippen molar-refractivity contribution in [2.24, 2.45) is 11.7 Å². The van der Waals surface area contributed by atoms with Gasteiger partial charge < -0.3 is 10.6 Å². The van der Waals surface area contributed by atoms with Crippen LogP contribution in [0.5, 0.6) is 0 Å². The van der Waals surface area contributed by atoms with Gasteiger partial charge in [0.05, 0.1) is 12.2 Å². The van der Waals surface area contributed by atoms with Crippen LogP contribution in [0.25, 0.3) is 0 Å². The second kappa shape index (κ2) is 4.45. The molecule has 2 aliphatic heterocycles. The third kappa shape index (κ3) is 2.11. The average molecular weight is 290 g/mol. The molecule has 0 radical (unpaired) electrons. The molecule has 3 N–H and O–H groups in total. The van der Waals surface area contributed by atoms with Crippen LogP contribution in [0.15, 0.2) is 6.07 Å². The first-order chi connectivity index (χ1) is 10.0. The molecule has 114 valence electrons. The zero-order valence-corrected chi connectivity index (χ0v) is 12.4. The van der Waals surface area contributed by atoms with Crippen molar-refractivity contribution < 1.29 is 4.79 Å². The lowest BCUT2D eigenvalue weighted by Gasteiger charge is -2.39. The van der Waals surface area contributed by atoms with Crippen LogP contribution in [0.4, 0.5) is 10.6 Å². The van der Waals surface area contributed by atoms with Crippen LogP contribution in [-0.4, -0.2) is 57.8 Å². The molecule has 0 unspecified atom stereocenters. The molecule has 3 heterocycles. The molecule has 21 heavy (non-hydrogen) atoms. The molecule has 7 heteroatoms. The quantitative estimate of drug-likeness (QED) is 0.779. The fourth-order valence-corrected chi connectivity index (χ4v) is 3.69. The van der Waals surface area contributed by atoms with Gasteiger partial charge in [0.1, 0.15) is 0 Å². The summed E-state index contributed by atoms with van der Waals surface area (Å²) in [7, 11) is 2.09. The number of likely N-dealkylation sites (N-methyl/N-ethyl adjacent to an activating group) is 1. The third-order valence-corrected chi connectivity index (χ3v) is 5.21. The number of fused-ring (bicyclic) bond motifs is 2. The van der Waals surface area contributed by atoms with Gasteiger partial charge in [0.2, 0.25) is 0 Å². The summed E-state index contributed by atoms with van der Waals surface area (Å²) >= 11 is 0. The maximum Gasteiger partial charge on any atom is 0.323 e. The summed E-state index contributed by atoms with van der Waals surface area (Å²) in [5, 5.41) is 7.39. The van der Waals surface area contributed by atoms with E-state index in [-0.39, 0.29) is 11.6 Å². The van der Waals surface area contributed by atoms with Gasteiger partial charge in [-0.1, -0.05) is 0 Å². The Morgan fingerprint density at radius 3 is 3.05 bits per heavy atom. The van der Waals surface area contributed by atoms with Crippen molar-refractivity contribution in [3.8, 4) is 0 Å². The molecule has 1 aliphatic carbocycles. The van der Waals surface area contributed by atoms with E-state index in [1.807, 2.05) is 15.6 Å². The van der Waals surface area contributed by atoms with Gasteiger partial charge in [-0.2, -0.15) is 5.10 Å². The zero-order valence-electron chi connectivity index (χ0n) is 12.4. The number of amides is 2. The van der Waals surface area contributed by atoms with E-state index in [1.165, 1.54) is 0 Å². The van der Waals surface area contributed by atoms with Crippen molar-refractivity contribution in [3.63, 3.8) is 0 Å². The molecule has 0 bridgehead atoms. The summed E-state index contributed by atoms with van der Waals surface area (Å²) < 4.78 is 1.98.